The summed E-state index contributed by atoms with van der Waals surface area (Å²) in [5.41, 5.74) is 2.64. The molecule has 7 nitrogen and oxygen atoms in total. The van der Waals surface area contributed by atoms with Gasteiger partial charge in [-0.05, 0) is 61.4 Å². The van der Waals surface area contributed by atoms with Crippen LogP contribution in [0.15, 0.2) is 64.5 Å². The highest BCUT2D eigenvalue weighted by Gasteiger charge is 2.19. The molecule has 0 aliphatic carbocycles. The van der Waals surface area contributed by atoms with Crippen LogP contribution >= 0.6 is 11.6 Å². The molecule has 10 heteroatoms. The van der Waals surface area contributed by atoms with Crippen LogP contribution in [0.1, 0.15) is 34.5 Å². The van der Waals surface area contributed by atoms with Crippen molar-refractivity contribution in [1.82, 2.24) is 10.3 Å². The van der Waals surface area contributed by atoms with Crippen LogP contribution in [0.4, 0.5) is 0 Å². The molecule has 0 radical (unpaired) electrons. The van der Waals surface area contributed by atoms with Gasteiger partial charge in [-0.2, -0.15) is 0 Å². The molecule has 1 unspecified atom stereocenters. The van der Waals surface area contributed by atoms with Crippen LogP contribution in [-0.4, -0.2) is 40.2 Å². The third-order valence-electron chi connectivity index (χ3n) is 5.01. The predicted octanol–water partition coefficient (Wildman–Crippen LogP) is 4.01. The zero-order valence-corrected chi connectivity index (χ0v) is 20.8. The second-order valence-electron chi connectivity index (χ2n) is 7.90. The maximum Gasteiger partial charge on any atom is 0.251 e. The van der Waals surface area contributed by atoms with E-state index in [2.05, 4.69) is 10.3 Å². The first-order valence-electron chi connectivity index (χ1n) is 9.84. The summed E-state index contributed by atoms with van der Waals surface area (Å²) in [4.78, 5) is 17.3. The second kappa shape index (κ2) is 9.24. The molecule has 0 spiro atoms. The Morgan fingerprint density at radius 3 is 2.24 bits per heavy atom. The molecular formula is C23H23ClN2O5S2. The lowest BCUT2D eigenvalue weighted by Gasteiger charge is -2.17. The van der Waals surface area contributed by atoms with Gasteiger partial charge in [0.1, 0.15) is 0 Å². The van der Waals surface area contributed by atoms with Gasteiger partial charge in [0, 0.05) is 29.8 Å². The number of pyridine rings is 1. The van der Waals surface area contributed by atoms with Crippen LogP contribution in [0.3, 0.4) is 0 Å². The van der Waals surface area contributed by atoms with Crippen molar-refractivity contribution in [2.45, 2.75) is 29.7 Å². The number of nitrogens with zero attached hydrogens (tertiary/aromatic N) is 1. The summed E-state index contributed by atoms with van der Waals surface area (Å²) in [5.74, 6) is -0.516. The monoisotopic (exact) mass is 506 g/mol. The predicted molar refractivity (Wildman–Crippen MR) is 128 cm³/mol. The van der Waals surface area contributed by atoms with Crippen LogP contribution in [-0.2, 0) is 19.7 Å². The summed E-state index contributed by atoms with van der Waals surface area (Å²) >= 11 is 6.00. The standard InChI is InChI=1S/C23H23ClN2O5S2/c1-14-5-8-21(25-13-14)17-9-18(11-19(10-17)32(3,28)29)23(27)26-15(2)16-6-7-20(24)22(12-16)33(4,30)31/h5-13,15H,1-4H3,(H,26,27). The fourth-order valence-corrected chi connectivity index (χ4v) is 5.16. The van der Waals surface area contributed by atoms with Crippen LogP contribution in [0, 0.1) is 6.92 Å². The highest BCUT2D eigenvalue weighted by atomic mass is 35.5. The van der Waals surface area contributed by atoms with Gasteiger partial charge in [-0.25, -0.2) is 16.8 Å². The van der Waals surface area contributed by atoms with E-state index in [1.54, 1.807) is 31.3 Å². The van der Waals surface area contributed by atoms with Gasteiger partial charge in [0.25, 0.3) is 5.91 Å². The van der Waals surface area contributed by atoms with E-state index < -0.39 is 31.6 Å². The Kier molecular flexibility index (Phi) is 6.97. The molecule has 1 atom stereocenters. The number of nitrogens with one attached hydrogen (secondary N) is 1. The molecule has 2 aromatic carbocycles. The van der Waals surface area contributed by atoms with E-state index in [1.807, 2.05) is 13.0 Å². The number of carbonyl (C=O) groups is 1. The summed E-state index contributed by atoms with van der Waals surface area (Å²) in [5, 5.41) is 2.88. The Morgan fingerprint density at radius 2 is 1.67 bits per heavy atom. The van der Waals surface area contributed by atoms with Gasteiger partial charge in [0.2, 0.25) is 0 Å². The van der Waals surface area contributed by atoms with Crippen LogP contribution in [0.2, 0.25) is 5.02 Å². The van der Waals surface area contributed by atoms with E-state index in [0.717, 1.165) is 18.1 Å². The van der Waals surface area contributed by atoms with Gasteiger partial charge in [-0.1, -0.05) is 23.7 Å². The van der Waals surface area contributed by atoms with E-state index >= 15 is 0 Å². The van der Waals surface area contributed by atoms with Gasteiger partial charge in [0.15, 0.2) is 19.7 Å². The SMILES string of the molecule is Cc1ccc(-c2cc(C(=O)NC(C)c3ccc(Cl)c(S(C)(=O)=O)c3)cc(S(C)(=O)=O)c2)nc1. The maximum atomic E-state index is 13.0. The van der Waals surface area contributed by atoms with Crippen LogP contribution in [0.5, 0.6) is 0 Å². The highest BCUT2D eigenvalue weighted by Crippen LogP contribution is 2.27. The number of hydrogen-bond donors (Lipinski definition) is 1. The zero-order valence-electron chi connectivity index (χ0n) is 18.5. The average Bonchev–Trinajstić information content (AvgIpc) is 2.72. The molecule has 33 heavy (non-hydrogen) atoms. The van der Waals surface area contributed by atoms with Gasteiger partial charge in [0.05, 0.1) is 26.5 Å². The van der Waals surface area contributed by atoms with Crippen molar-refractivity contribution < 1.29 is 21.6 Å². The topological polar surface area (TPSA) is 110 Å². The molecule has 3 aromatic rings. The van der Waals surface area contributed by atoms with Gasteiger partial charge in [-0.15, -0.1) is 0 Å². The molecule has 174 valence electrons. The number of aromatic nitrogens is 1. The number of rotatable bonds is 6. The Balaban J connectivity index is 1.98. The first-order chi connectivity index (χ1) is 15.3. The van der Waals surface area contributed by atoms with Crippen molar-refractivity contribution in [1.29, 1.82) is 0 Å². The molecule has 3 rings (SSSR count). The van der Waals surface area contributed by atoms with Crippen molar-refractivity contribution in [2.24, 2.45) is 0 Å². The maximum absolute atomic E-state index is 13.0. The average molecular weight is 507 g/mol. The van der Waals surface area contributed by atoms with Crippen LogP contribution < -0.4 is 5.32 Å². The lowest BCUT2D eigenvalue weighted by atomic mass is 10.0. The van der Waals surface area contributed by atoms with E-state index in [1.165, 1.54) is 24.3 Å². The van der Waals surface area contributed by atoms with E-state index in [-0.39, 0.29) is 20.4 Å². The number of amides is 1. The van der Waals surface area contributed by atoms with Gasteiger partial charge >= 0.3 is 0 Å². The molecule has 0 saturated heterocycles. The first kappa shape index (κ1) is 24.9. The molecule has 0 fully saturated rings. The number of benzene rings is 2. The third kappa shape index (κ3) is 5.98. The molecule has 0 bridgehead atoms. The summed E-state index contributed by atoms with van der Waals surface area (Å²) in [6.45, 7) is 3.58. The van der Waals surface area contributed by atoms with Gasteiger partial charge < -0.3 is 5.32 Å². The van der Waals surface area contributed by atoms with E-state index in [0.29, 0.717) is 16.8 Å². The molecule has 1 heterocycles. The number of carbonyl (C=O) groups excluding carboxylic acids is 1. The fraction of sp³-hybridized carbons (Fsp3) is 0.217. The lowest BCUT2D eigenvalue weighted by molar-refractivity contribution is 0.0939. The fourth-order valence-electron chi connectivity index (χ4n) is 3.17. The molecule has 1 amide bonds. The van der Waals surface area contributed by atoms with Crippen molar-refractivity contribution in [3.63, 3.8) is 0 Å². The smallest absolute Gasteiger partial charge is 0.251 e. The molecule has 1 N–H and O–H groups in total. The van der Waals surface area contributed by atoms with E-state index in [9.17, 15) is 21.6 Å². The first-order valence-corrected chi connectivity index (χ1v) is 14.0. The van der Waals surface area contributed by atoms with Crippen molar-refractivity contribution >= 4 is 37.2 Å². The Hall–Kier alpha value is -2.75. The zero-order chi connectivity index (χ0) is 24.6. The minimum absolute atomic E-state index is 0.00830. The normalized spacial score (nSPS) is 12.9. The third-order valence-corrected chi connectivity index (χ3v) is 7.68. The van der Waals surface area contributed by atoms with Crippen LogP contribution in [0.25, 0.3) is 11.3 Å². The molecular weight excluding hydrogens is 484 g/mol. The summed E-state index contributed by atoms with van der Waals surface area (Å²) in [6.07, 6.45) is 3.78. The minimum Gasteiger partial charge on any atom is -0.346 e. The Labute approximate surface area is 198 Å². The molecule has 0 aliphatic rings. The highest BCUT2D eigenvalue weighted by molar-refractivity contribution is 7.91. The van der Waals surface area contributed by atoms with Gasteiger partial charge in [-0.3, -0.25) is 9.78 Å². The Morgan fingerprint density at radius 1 is 0.970 bits per heavy atom. The largest absolute Gasteiger partial charge is 0.346 e. The number of sulfone groups is 2. The molecule has 1 aromatic heterocycles. The van der Waals surface area contributed by atoms with Crippen molar-refractivity contribution in [3.05, 3.63) is 76.4 Å². The summed E-state index contributed by atoms with van der Waals surface area (Å²) < 4.78 is 48.4. The molecule has 0 aliphatic heterocycles. The Bertz CT molecular complexity index is 1430. The van der Waals surface area contributed by atoms with Crippen molar-refractivity contribution in [2.75, 3.05) is 12.5 Å². The minimum atomic E-state index is -3.59. The number of halogens is 1. The number of hydrogen-bond acceptors (Lipinski definition) is 6. The number of aryl methyl sites for hydroxylation is 1. The lowest BCUT2D eigenvalue weighted by Crippen LogP contribution is -2.27. The summed E-state index contributed by atoms with van der Waals surface area (Å²) in [6, 6.07) is 11.9. The van der Waals surface area contributed by atoms with Crippen molar-refractivity contribution in [3.8, 4) is 11.3 Å². The molecule has 0 saturated carbocycles. The van der Waals surface area contributed by atoms with E-state index in [4.69, 9.17) is 11.6 Å². The summed E-state index contributed by atoms with van der Waals surface area (Å²) in [7, 11) is -7.14. The second-order valence-corrected chi connectivity index (χ2v) is 12.3. The quantitative estimate of drug-likeness (QED) is 0.541.